The molecule has 1 aromatic rings. The van der Waals surface area contributed by atoms with E-state index < -0.39 is 10.0 Å². The lowest BCUT2D eigenvalue weighted by molar-refractivity contribution is 0.425. The number of sulfonamides is 1. The highest BCUT2D eigenvalue weighted by atomic mass is 32.2. The van der Waals surface area contributed by atoms with Crippen LogP contribution in [0.5, 0.6) is 0 Å². The third-order valence-corrected chi connectivity index (χ3v) is 5.61. The van der Waals surface area contributed by atoms with Crippen molar-refractivity contribution in [3.63, 3.8) is 0 Å². The molecule has 5 heteroatoms. The predicted octanol–water partition coefficient (Wildman–Crippen LogP) is 1.42. The van der Waals surface area contributed by atoms with Gasteiger partial charge in [-0.2, -0.15) is 0 Å². The van der Waals surface area contributed by atoms with E-state index in [4.69, 9.17) is 0 Å². The highest BCUT2D eigenvalue weighted by Gasteiger charge is 2.23. The quantitative estimate of drug-likeness (QED) is 0.808. The Labute approximate surface area is 122 Å². The van der Waals surface area contributed by atoms with Crippen LogP contribution in [-0.2, 0) is 22.9 Å². The van der Waals surface area contributed by atoms with Crippen LogP contribution in [0.15, 0.2) is 24.3 Å². The van der Waals surface area contributed by atoms with Crippen molar-refractivity contribution in [2.75, 3.05) is 31.9 Å². The summed E-state index contributed by atoms with van der Waals surface area (Å²) in [5.74, 6) is 0.198. The molecule has 0 spiro atoms. The molecule has 0 amide bonds. The number of nitrogens with one attached hydrogen (secondary N) is 1. The van der Waals surface area contributed by atoms with Gasteiger partial charge in [-0.25, -0.2) is 12.7 Å². The molecule has 1 heterocycles. The Bertz CT molecular complexity index is 501. The molecule has 0 saturated heterocycles. The lowest BCUT2D eigenvalue weighted by atomic mass is 10.0. The van der Waals surface area contributed by atoms with E-state index in [2.05, 4.69) is 24.4 Å². The summed E-state index contributed by atoms with van der Waals surface area (Å²) in [5, 5.41) is 3.16. The summed E-state index contributed by atoms with van der Waals surface area (Å²) in [6, 6.07) is 8.26. The van der Waals surface area contributed by atoms with E-state index in [9.17, 15) is 8.42 Å². The van der Waals surface area contributed by atoms with Crippen LogP contribution in [0.25, 0.3) is 0 Å². The van der Waals surface area contributed by atoms with E-state index >= 15 is 0 Å². The van der Waals surface area contributed by atoms with Gasteiger partial charge in [-0.1, -0.05) is 31.2 Å². The van der Waals surface area contributed by atoms with Gasteiger partial charge in [0.25, 0.3) is 0 Å². The van der Waals surface area contributed by atoms with Crippen LogP contribution < -0.4 is 5.32 Å². The zero-order valence-corrected chi connectivity index (χ0v) is 13.0. The number of rotatable bonds is 6. The summed E-state index contributed by atoms with van der Waals surface area (Å²) >= 11 is 0. The fourth-order valence-electron chi connectivity index (χ4n) is 2.56. The number of hydrogen-bond donors (Lipinski definition) is 1. The molecule has 0 atom stereocenters. The van der Waals surface area contributed by atoms with E-state index in [1.165, 1.54) is 11.1 Å². The molecule has 1 N–H and O–H groups in total. The number of nitrogens with zero attached hydrogens (tertiary/aromatic N) is 1. The monoisotopic (exact) mass is 296 g/mol. The second kappa shape index (κ2) is 7.20. The molecule has 112 valence electrons. The van der Waals surface area contributed by atoms with Gasteiger partial charge in [-0.3, -0.25) is 0 Å². The highest BCUT2D eigenvalue weighted by Crippen LogP contribution is 2.17. The highest BCUT2D eigenvalue weighted by molar-refractivity contribution is 7.89. The van der Waals surface area contributed by atoms with Gasteiger partial charge in [0.1, 0.15) is 0 Å². The second-order valence-electron chi connectivity index (χ2n) is 5.23. The van der Waals surface area contributed by atoms with Gasteiger partial charge < -0.3 is 5.32 Å². The van der Waals surface area contributed by atoms with E-state index in [0.29, 0.717) is 19.6 Å². The SMILES string of the molecule is CCCNCCS(=O)(=O)N1CCc2ccccc2CC1. The fraction of sp³-hybridized carbons (Fsp3) is 0.600. The van der Waals surface area contributed by atoms with Crippen LogP contribution in [0.4, 0.5) is 0 Å². The number of fused-ring (bicyclic) bond motifs is 1. The Hall–Kier alpha value is -0.910. The maximum Gasteiger partial charge on any atom is 0.215 e. The summed E-state index contributed by atoms with van der Waals surface area (Å²) in [4.78, 5) is 0. The fourth-order valence-corrected chi connectivity index (χ4v) is 3.96. The molecule has 4 nitrogen and oxygen atoms in total. The van der Waals surface area contributed by atoms with Gasteiger partial charge in [0.05, 0.1) is 5.75 Å². The van der Waals surface area contributed by atoms with E-state index in [-0.39, 0.29) is 5.75 Å². The molecule has 1 aliphatic rings. The molecular formula is C15H24N2O2S. The standard InChI is InChI=1S/C15H24N2O2S/c1-2-9-16-10-13-20(18,19)17-11-7-14-5-3-4-6-15(14)8-12-17/h3-6,16H,2,7-13H2,1H3. The van der Waals surface area contributed by atoms with Gasteiger partial charge in [0.15, 0.2) is 0 Å². The van der Waals surface area contributed by atoms with Crippen LogP contribution in [-0.4, -0.2) is 44.7 Å². The van der Waals surface area contributed by atoms with Crippen molar-refractivity contribution in [3.05, 3.63) is 35.4 Å². The Morgan fingerprint density at radius 2 is 1.70 bits per heavy atom. The third kappa shape index (κ3) is 4.04. The van der Waals surface area contributed by atoms with Gasteiger partial charge in [0.2, 0.25) is 10.0 Å². The first-order valence-corrected chi connectivity index (χ1v) is 8.99. The van der Waals surface area contributed by atoms with Crippen LogP contribution in [0.2, 0.25) is 0 Å². The Morgan fingerprint density at radius 3 is 2.25 bits per heavy atom. The average molecular weight is 296 g/mol. The first kappa shape index (κ1) is 15.5. The minimum absolute atomic E-state index is 0.198. The van der Waals surface area contributed by atoms with Gasteiger partial charge in [0, 0.05) is 19.6 Å². The smallest absolute Gasteiger partial charge is 0.215 e. The van der Waals surface area contributed by atoms with Crippen molar-refractivity contribution in [1.82, 2.24) is 9.62 Å². The second-order valence-corrected chi connectivity index (χ2v) is 7.32. The van der Waals surface area contributed by atoms with Crippen molar-refractivity contribution < 1.29 is 8.42 Å². The Morgan fingerprint density at radius 1 is 1.10 bits per heavy atom. The summed E-state index contributed by atoms with van der Waals surface area (Å²) in [6.07, 6.45) is 2.66. The van der Waals surface area contributed by atoms with Crippen molar-refractivity contribution in [2.45, 2.75) is 26.2 Å². The van der Waals surface area contributed by atoms with Crippen LogP contribution in [0.1, 0.15) is 24.5 Å². The van der Waals surface area contributed by atoms with E-state index in [0.717, 1.165) is 25.8 Å². The lowest BCUT2D eigenvalue weighted by Gasteiger charge is -2.19. The first-order valence-electron chi connectivity index (χ1n) is 7.39. The molecular weight excluding hydrogens is 272 g/mol. The molecule has 0 radical (unpaired) electrons. The van der Waals surface area contributed by atoms with Crippen LogP contribution >= 0.6 is 0 Å². The van der Waals surface area contributed by atoms with Gasteiger partial charge in [-0.15, -0.1) is 0 Å². The minimum atomic E-state index is -3.13. The van der Waals surface area contributed by atoms with E-state index in [1.54, 1.807) is 4.31 Å². The molecule has 0 aliphatic carbocycles. The third-order valence-electron chi connectivity index (χ3n) is 3.74. The normalized spacial score (nSPS) is 16.6. The summed E-state index contributed by atoms with van der Waals surface area (Å²) in [7, 11) is -3.13. The number of benzene rings is 1. The maximum absolute atomic E-state index is 12.3. The lowest BCUT2D eigenvalue weighted by Crippen LogP contribution is -2.38. The molecule has 1 aromatic carbocycles. The predicted molar refractivity (Wildman–Crippen MR) is 82.4 cm³/mol. The van der Waals surface area contributed by atoms with Gasteiger partial charge >= 0.3 is 0 Å². The van der Waals surface area contributed by atoms with Crippen molar-refractivity contribution >= 4 is 10.0 Å². The summed E-state index contributed by atoms with van der Waals surface area (Å²) in [6.45, 7) is 4.70. The Kier molecular flexibility index (Phi) is 5.57. The van der Waals surface area contributed by atoms with Crippen LogP contribution in [0, 0.1) is 0 Å². The van der Waals surface area contributed by atoms with Gasteiger partial charge in [-0.05, 0) is 36.9 Å². The molecule has 0 bridgehead atoms. The largest absolute Gasteiger partial charge is 0.316 e. The molecule has 0 unspecified atom stereocenters. The van der Waals surface area contributed by atoms with Crippen molar-refractivity contribution in [2.24, 2.45) is 0 Å². The molecule has 2 rings (SSSR count). The molecule has 0 fully saturated rings. The summed E-state index contributed by atoms with van der Waals surface area (Å²) in [5.41, 5.74) is 2.57. The van der Waals surface area contributed by atoms with Crippen molar-refractivity contribution in [1.29, 1.82) is 0 Å². The summed E-state index contributed by atoms with van der Waals surface area (Å²) < 4.78 is 26.3. The maximum atomic E-state index is 12.3. The topological polar surface area (TPSA) is 49.4 Å². The number of hydrogen-bond acceptors (Lipinski definition) is 3. The molecule has 1 aliphatic heterocycles. The first-order chi connectivity index (χ1) is 9.63. The molecule has 20 heavy (non-hydrogen) atoms. The molecule has 0 aromatic heterocycles. The minimum Gasteiger partial charge on any atom is -0.316 e. The van der Waals surface area contributed by atoms with Crippen molar-refractivity contribution in [3.8, 4) is 0 Å². The zero-order valence-electron chi connectivity index (χ0n) is 12.1. The van der Waals surface area contributed by atoms with E-state index in [1.807, 2.05) is 12.1 Å². The van der Waals surface area contributed by atoms with Crippen LogP contribution in [0.3, 0.4) is 0 Å². The molecule has 0 saturated carbocycles. The Balaban J connectivity index is 1.94. The zero-order chi connectivity index (χ0) is 14.4. The average Bonchev–Trinajstić information content (AvgIpc) is 2.66.